The van der Waals surface area contributed by atoms with Gasteiger partial charge in [0, 0.05) is 6.42 Å². The molecule has 0 spiro atoms. The van der Waals surface area contributed by atoms with E-state index in [-0.39, 0.29) is 11.2 Å². The summed E-state index contributed by atoms with van der Waals surface area (Å²) in [6.07, 6.45) is 6.74. The molecular formula is C13H17NO. The predicted molar refractivity (Wildman–Crippen MR) is 58.1 cm³/mol. The molecule has 0 bridgehead atoms. The largest absolute Gasteiger partial charge is 0.295 e. The van der Waals surface area contributed by atoms with E-state index >= 15 is 0 Å². The van der Waals surface area contributed by atoms with E-state index in [4.69, 9.17) is 0 Å². The highest BCUT2D eigenvalue weighted by Crippen LogP contribution is 2.47. The predicted octanol–water partition coefficient (Wildman–Crippen LogP) is 3.14. The Balaban J connectivity index is 2.48. The van der Waals surface area contributed by atoms with Crippen molar-refractivity contribution in [2.45, 2.75) is 51.9 Å². The average molecular weight is 203 g/mol. The number of rotatable bonds is 0. The fourth-order valence-corrected chi connectivity index (χ4v) is 2.98. The fourth-order valence-electron chi connectivity index (χ4n) is 2.98. The molecule has 2 heteroatoms. The number of ketones is 1. The number of carbonyl (C=O) groups excluding carboxylic acids is 1. The minimum Gasteiger partial charge on any atom is -0.295 e. The average Bonchev–Trinajstić information content (AvgIpc) is 2.47. The molecule has 0 heterocycles. The third-order valence-corrected chi connectivity index (χ3v) is 3.97. The number of hydrogen-bond acceptors (Lipinski definition) is 2. The van der Waals surface area contributed by atoms with Gasteiger partial charge in [0.2, 0.25) is 0 Å². The van der Waals surface area contributed by atoms with Gasteiger partial charge in [-0.2, -0.15) is 5.26 Å². The van der Waals surface area contributed by atoms with Crippen molar-refractivity contribution in [3.05, 3.63) is 11.1 Å². The van der Waals surface area contributed by atoms with E-state index < -0.39 is 0 Å². The van der Waals surface area contributed by atoms with Crippen molar-refractivity contribution in [1.82, 2.24) is 0 Å². The van der Waals surface area contributed by atoms with Crippen molar-refractivity contribution in [2.75, 3.05) is 0 Å². The molecule has 2 nitrogen and oxygen atoms in total. The minimum atomic E-state index is -0.283. The maximum atomic E-state index is 11.7. The van der Waals surface area contributed by atoms with E-state index in [1.807, 2.05) is 6.92 Å². The number of nitrogens with zero attached hydrogens (tertiary/aromatic N) is 1. The van der Waals surface area contributed by atoms with Gasteiger partial charge in [0.05, 0.1) is 11.5 Å². The van der Waals surface area contributed by atoms with Crippen molar-refractivity contribution in [3.8, 4) is 6.07 Å². The molecule has 2 rings (SSSR count). The Bertz CT molecular complexity index is 361. The molecule has 0 radical (unpaired) electrons. The van der Waals surface area contributed by atoms with Crippen LogP contribution in [0.15, 0.2) is 11.1 Å². The fraction of sp³-hybridized carbons (Fsp3) is 0.692. The van der Waals surface area contributed by atoms with Gasteiger partial charge in [0.25, 0.3) is 0 Å². The first-order valence-electron chi connectivity index (χ1n) is 5.84. The molecule has 0 aliphatic heterocycles. The first-order chi connectivity index (χ1) is 7.19. The van der Waals surface area contributed by atoms with E-state index in [0.29, 0.717) is 6.42 Å². The zero-order valence-electron chi connectivity index (χ0n) is 9.31. The molecule has 0 saturated heterocycles. The number of carbonyl (C=O) groups is 1. The van der Waals surface area contributed by atoms with E-state index in [9.17, 15) is 10.1 Å². The maximum absolute atomic E-state index is 11.7. The number of allylic oxidation sites excluding steroid dienone is 2. The van der Waals surface area contributed by atoms with Gasteiger partial charge in [-0.3, -0.25) is 4.79 Å². The highest BCUT2D eigenvalue weighted by Gasteiger charge is 2.40. The van der Waals surface area contributed by atoms with E-state index in [2.05, 4.69) is 6.07 Å². The number of fused-ring (bicyclic) bond motifs is 1. The van der Waals surface area contributed by atoms with Crippen LogP contribution in [0.5, 0.6) is 0 Å². The molecule has 1 saturated carbocycles. The monoisotopic (exact) mass is 203 g/mol. The molecule has 80 valence electrons. The van der Waals surface area contributed by atoms with Crippen LogP contribution >= 0.6 is 0 Å². The number of Topliss-reactive ketones (excluding diaryl/α,β-unsaturated/α-hetero) is 1. The Morgan fingerprint density at radius 3 is 2.73 bits per heavy atom. The quantitative estimate of drug-likeness (QED) is 0.606. The Labute approximate surface area is 91.0 Å². The number of nitriles is 1. The molecule has 0 aromatic heterocycles. The van der Waals surface area contributed by atoms with E-state index in [1.54, 1.807) is 0 Å². The molecule has 1 fully saturated rings. The van der Waals surface area contributed by atoms with Crippen LogP contribution in [0.25, 0.3) is 0 Å². The first kappa shape index (κ1) is 10.4. The van der Waals surface area contributed by atoms with Crippen molar-refractivity contribution in [2.24, 2.45) is 5.41 Å². The van der Waals surface area contributed by atoms with Crippen molar-refractivity contribution in [1.29, 1.82) is 5.26 Å². The SMILES string of the molecule is CC1=C2CCCCCC2(C#N)CCC1=O. The van der Waals surface area contributed by atoms with Crippen LogP contribution in [0, 0.1) is 16.7 Å². The zero-order chi connectivity index (χ0) is 10.9. The second-order valence-corrected chi connectivity index (χ2v) is 4.78. The third kappa shape index (κ3) is 1.61. The molecule has 0 aromatic rings. The molecule has 0 aromatic carbocycles. The molecule has 2 aliphatic carbocycles. The molecule has 0 amide bonds. The second-order valence-electron chi connectivity index (χ2n) is 4.78. The van der Waals surface area contributed by atoms with Crippen LogP contribution in [0.1, 0.15) is 51.9 Å². The number of hydrogen-bond donors (Lipinski definition) is 0. The molecular weight excluding hydrogens is 186 g/mol. The lowest BCUT2D eigenvalue weighted by Gasteiger charge is -2.33. The molecule has 0 N–H and O–H groups in total. The smallest absolute Gasteiger partial charge is 0.158 e. The summed E-state index contributed by atoms with van der Waals surface area (Å²) >= 11 is 0. The summed E-state index contributed by atoms with van der Waals surface area (Å²) in [5, 5.41) is 9.41. The molecule has 1 atom stereocenters. The standard InChI is InChI=1S/C13H17NO/c1-10-11-5-3-2-4-7-13(11,9-14)8-6-12(10)15/h2-8H2,1H3. The van der Waals surface area contributed by atoms with Crippen molar-refractivity contribution in [3.63, 3.8) is 0 Å². The van der Waals surface area contributed by atoms with Gasteiger partial charge in [0.15, 0.2) is 5.78 Å². The van der Waals surface area contributed by atoms with Crippen molar-refractivity contribution >= 4 is 5.78 Å². The van der Waals surface area contributed by atoms with Gasteiger partial charge < -0.3 is 0 Å². The summed E-state index contributed by atoms with van der Waals surface area (Å²) in [5.41, 5.74) is 1.78. The lowest BCUT2D eigenvalue weighted by atomic mass is 9.68. The van der Waals surface area contributed by atoms with Gasteiger partial charge in [-0.05, 0) is 43.8 Å². The maximum Gasteiger partial charge on any atom is 0.158 e. The third-order valence-electron chi connectivity index (χ3n) is 3.97. The lowest BCUT2D eigenvalue weighted by molar-refractivity contribution is -0.116. The topological polar surface area (TPSA) is 40.9 Å². The van der Waals surface area contributed by atoms with Crippen LogP contribution in [-0.2, 0) is 4.79 Å². The summed E-state index contributed by atoms with van der Waals surface area (Å²) in [7, 11) is 0. The van der Waals surface area contributed by atoms with Gasteiger partial charge in [-0.1, -0.05) is 12.8 Å². The molecule has 2 aliphatic rings. The van der Waals surface area contributed by atoms with Gasteiger partial charge >= 0.3 is 0 Å². The highest BCUT2D eigenvalue weighted by molar-refractivity contribution is 5.97. The Morgan fingerprint density at radius 2 is 2.00 bits per heavy atom. The van der Waals surface area contributed by atoms with Gasteiger partial charge in [-0.15, -0.1) is 0 Å². The highest BCUT2D eigenvalue weighted by atomic mass is 16.1. The van der Waals surface area contributed by atoms with E-state index in [0.717, 1.165) is 37.7 Å². The minimum absolute atomic E-state index is 0.262. The van der Waals surface area contributed by atoms with Gasteiger partial charge in [0.1, 0.15) is 0 Å². The Morgan fingerprint density at radius 1 is 1.20 bits per heavy atom. The zero-order valence-corrected chi connectivity index (χ0v) is 9.31. The summed E-state index contributed by atoms with van der Waals surface area (Å²) in [6.45, 7) is 1.91. The second kappa shape index (κ2) is 3.81. The van der Waals surface area contributed by atoms with E-state index in [1.165, 1.54) is 12.0 Å². The van der Waals surface area contributed by atoms with Crippen LogP contribution in [0.4, 0.5) is 0 Å². The lowest BCUT2D eigenvalue weighted by Crippen LogP contribution is -2.28. The van der Waals surface area contributed by atoms with Crippen LogP contribution in [-0.4, -0.2) is 5.78 Å². The van der Waals surface area contributed by atoms with Gasteiger partial charge in [-0.25, -0.2) is 0 Å². The van der Waals surface area contributed by atoms with Crippen LogP contribution in [0.3, 0.4) is 0 Å². The normalized spacial score (nSPS) is 31.9. The molecule has 1 unspecified atom stereocenters. The van der Waals surface area contributed by atoms with Crippen LogP contribution in [0.2, 0.25) is 0 Å². The summed E-state index contributed by atoms with van der Waals surface area (Å²) in [5.74, 6) is 0.262. The summed E-state index contributed by atoms with van der Waals surface area (Å²) in [4.78, 5) is 11.7. The summed E-state index contributed by atoms with van der Waals surface area (Å²) < 4.78 is 0. The Hall–Kier alpha value is -1.10. The molecule has 15 heavy (non-hydrogen) atoms. The first-order valence-corrected chi connectivity index (χ1v) is 5.84. The van der Waals surface area contributed by atoms with Crippen LogP contribution < -0.4 is 0 Å². The van der Waals surface area contributed by atoms with Crippen molar-refractivity contribution < 1.29 is 4.79 Å². The Kier molecular flexibility index (Phi) is 2.65. The summed E-state index contributed by atoms with van der Waals surface area (Å²) in [6, 6.07) is 2.50.